The number of hydrogen-bond acceptors (Lipinski definition) is 10. The summed E-state index contributed by atoms with van der Waals surface area (Å²) in [6.45, 7) is 33.1. The second kappa shape index (κ2) is 23.5. The van der Waals surface area contributed by atoms with Crippen molar-refractivity contribution in [3.05, 3.63) is 115 Å². The minimum absolute atomic E-state index is 0.176. The normalized spacial score (nSPS) is 13.3. The molecular weight excluding hydrogens is 907 g/mol. The van der Waals surface area contributed by atoms with Crippen molar-refractivity contribution < 1.29 is 37.4 Å². The monoisotopic (exact) mass is 988 g/mol. The van der Waals surface area contributed by atoms with E-state index >= 15 is 0 Å². The lowest BCUT2D eigenvalue weighted by Crippen LogP contribution is -2.46. The van der Waals surface area contributed by atoms with Crippen LogP contribution in [0.3, 0.4) is 0 Å². The quantitative estimate of drug-likeness (QED) is 0.0680. The number of phenols is 1. The number of nitriles is 2. The van der Waals surface area contributed by atoms with Crippen molar-refractivity contribution in [1.29, 1.82) is 10.5 Å². The second-order valence-corrected chi connectivity index (χ2v) is 25.6. The highest BCUT2D eigenvalue weighted by atomic mass is 28.4. The van der Waals surface area contributed by atoms with Gasteiger partial charge in [-0.15, -0.1) is 0 Å². The van der Waals surface area contributed by atoms with E-state index in [1.54, 1.807) is 0 Å². The molecule has 2 N–H and O–H groups in total. The van der Waals surface area contributed by atoms with Crippen LogP contribution in [0.2, 0.25) is 6.04 Å². The molecule has 384 valence electrons. The summed E-state index contributed by atoms with van der Waals surface area (Å²) in [6, 6.07) is 22.1. The molecule has 0 heterocycles. The Morgan fingerprint density at radius 1 is 0.535 bits per heavy atom. The average molecular weight is 988 g/mol. The molecule has 8 bridgehead atoms. The van der Waals surface area contributed by atoms with E-state index < -0.39 is 8.80 Å². The number of carbonyl (C=O) groups excluding carboxylic acids is 1. The third kappa shape index (κ3) is 14.6. The predicted octanol–water partition coefficient (Wildman–Crippen LogP) is 12.0. The first-order chi connectivity index (χ1) is 33.3. The number of amides is 1. The van der Waals surface area contributed by atoms with Crippen LogP contribution >= 0.6 is 0 Å². The highest BCUT2D eigenvalue weighted by Gasteiger charge is 2.40. The number of carbonyl (C=O) groups is 1. The van der Waals surface area contributed by atoms with E-state index in [0.717, 1.165) is 66.8 Å². The number of fused-ring (bicyclic) bond motifs is 8. The Labute approximate surface area is 426 Å². The smallest absolute Gasteiger partial charge is 0.500 e. The molecule has 5 rings (SSSR count). The molecule has 0 radical (unpaired) electrons. The molecule has 1 aliphatic carbocycles. The Kier molecular flexibility index (Phi) is 18.7. The van der Waals surface area contributed by atoms with Gasteiger partial charge in [-0.1, -0.05) is 132 Å². The Balaban J connectivity index is 1.81. The molecular formula is C59H81N3O8Si. The number of hydrogen-bond donors (Lipinski definition) is 2. The van der Waals surface area contributed by atoms with Gasteiger partial charge in [-0.3, -0.25) is 4.79 Å². The second-order valence-electron chi connectivity index (χ2n) is 22.8. The van der Waals surface area contributed by atoms with E-state index in [1.165, 1.54) is 0 Å². The molecule has 11 nitrogen and oxygen atoms in total. The largest absolute Gasteiger partial charge is 0.507 e. The molecule has 0 atom stereocenters. The molecule has 4 aromatic carbocycles. The fraction of sp³-hybridized carbons (Fsp3) is 0.542. The minimum atomic E-state index is -2.90. The van der Waals surface area contributed by atoms with Gasteiger partial charge in [0.2, 0.25) is 0 Å². The Morgan fingerprint density at radius 3 is 1.13 bits per heavy atom. The Morgan fingerprint density at radius 2 is 0.831 bits per heavy atom. The minimum Gasteiger partial charge on any atom is -0.507 e. The van der Waals surface area contributed by atoms with Crippen molar-refractivity contribution in [3.63, 3.8) is 0 Å². The van der Waals surface area contributed by atoms with Gasteiger partial charge in [-0.25, -0.2) is 0 Å². The summed E-state index contributed by atoms with van der Waals surface area (Å²) in [5.74, 6) is 1.63. The third-order valence-corrected chi connectivity index (χ3v) is 16.1. The van der Waals surface area contributed by atoms with Crippen molar-refractivity contribution in [1.82, 2.24) is 5.32 Å². The molecule has 0 aromatic heterocycles. The first kappa shape index (κ1) is 56.5. The van der Waals surface area contributed by atoms with Gasteiger partial charge in [0.25, 0.3) is 5.91 Å². The van der Waals surface area contributed by atoms with Gasteiger partial charge < -0.3 is 37.9 Å². The van der Waals surface area contributed by atoms with Crippen molar-refractivity contribution in [3.8, 4) is 35.1 Å². The lowest BCUT2D eigenvalue weighted by Gasteiger charge is -2.28. The third-order valence-electron chi connectivity index (χ3n) is 13.0. The number of aromatic hydroxyl groups is 1. The number of ether oxygens (including phenoxy) is 3. The van der Waals surface area contributed by atoms with Gasteiger partial charge in [0, 0.05) is 58.1 Å². The zero-order valence-electron chi connectivity index (χ0n) is 45.5. The average Bonchev–Trinajstić information content (AvgIpc) is 3.26. The van der Waals surface area contributed by atoms with Gasteiger partial charge in [0.15, 0.2) is 19.8 Å². The van der Waals surface area contributed by atoms with E-state index in [2.05, 4.69) is 149 Å². The van der Waals surface area contributed by atoms with Gasteiger partial charge in [-0.05, 0) is 116 Å². The fourth-order valence-electron chi connectivity index (χ4n) is 9.12. The van der Waals surface area contributed by atoms with Gasteiger partial charge in [0.1, 0.15) is 35.1 Å². The molecule has 0 fully saturated rings. The molecule has 0 saturated heterocycles. The highest BCUT2D eigenvalue weighted by molar-refractivity contribution is 6.60. The summed E-state index contributed by atoms with van der Waals surface area (Å²) in [6.07, 6.45) is 1.94. The zero-order chi connectivity index (χ0) is 52.5. The van der Waals surface area contributed by atoms with Crippen LogP contribution < -0.4 is 19.5 Å². The molecule has 4 aromatic rings. The number of rotatable bonds is 17. The molecule has 0 aliphatic heterocycles. The van der Waals surface area contributed by atoms with Gasteiger partial charge in [0.05, 0.1) is 0 Å². The standard InChI is InChI=1S/C59H81N3O8Si/c1-16-68-71(69-17-2,70-18-3)25-19-22-62-51(63)38-67-55-45-28-43-34-48(57(7,8)9)32-41(53(43)65-23-20-60)26-39-30-47(56(4,5)6)31-40(52(39)64)27-42-33-49(58(10,11)12)35-44(54(42)66-24-21-61)29-46(55)37-50(36-45)59(13,14)15/h30-37,64H,16-19,22-29,38H2,1-15H3,(H,62,63). The van der Waals surface area contributed by atoms with Crippen LogP contribution in [0.15, 0.2) is 48.5 Å². The van der Waals surface area contributed by atoms with Crippen LogP contribution in [0.25, 0.3) is 0 Å². The topological polar surface area (TPSA) is 152 Å². The van der Waals surface area contributed by atoms with E-state index in [9.17, 15) is 20.4 Å². The van der Waals surface area contributed by atoms with Crippen molar-refractivity contribution in [2.75, 3.05) is 46.2 Å². The van der Waals surface area contributed by atoms with E-state index in [4.69, 9.17) is 27.5 Å². The van der Waals surface area contributed by atoms with Crippen LogP contribution in [-0.2, 0) is 65.4 Å². The highest BCUT2D eigenvalue weighted by Crippen LogP contribution is 2.44. The summed E-state index contributed by atoms with van der Waals surface area (Å²) >= 11 is 0. The van der Waals surface area contributed by atoms with E-state index in [-0.39, 0.29) is 53.1 Å². The van der Waals surface area contributed by atoms with Crippen LogP contribution in [-0.4, -0.2) is 66.0 Å². The van der Waals surface area contributed by atoms with Crippen LogP contribution in [0.4, 0.5) is 0 Å². The van der Waals surface area contributed by atoms with E-state index in [1.807, 2.05) is 20.8 Å². The Hall–Kier alpha value is -5.37. The van der Waals surface area contributed by atoms with Crippen molar-refractivity contribution in [2.24, 2.45) is 0 Å². The van der Waals surface area contributed by atoms with Gasteiger partial charge >= 0.3 is 8.80 Å². The predicted molar refractivity (Wildman–Crippen MR) is 284 cm³/mol. The number of nitrogens with one attached hydrogen (secondary N) is 1. The lowest BCUT2D eigenvalue weighted by molar-refractivity contribution is -0.123. The molecule has 71 heavy (non-hydrogen) atoms. The first-order valence-electron chi connectivity index (χ1n) is 25.4. The number of phenolic OH excluding ortho intramolecular Hbond substituents is 1. The van der Waals surface area contributed by atoms with Crippen molar-refractivity contribution in [2.45, 2.75) is 164 Å². The van der Waals surface area contributed by atoms with Gasteiger partial charge in [-0.2, -0.15) is 10.5 Å². The summed E-state index contributed by atoms with van der Waals surface area (Å²) in [7, 11) is -2.90. The van der Waals surface area contributed by atoms with Crippen LogP contribution in [0.5, 0.6) is 23.0 Å². The SMILES string of the molecule is CCO[Si](CCCNC(=O)COc1c2cc(C(C)(C)C)cc1Cc1cc(C(C)(C)C)cc(c1OCC#N)Cc1cc(C(C)(C)C)cc(c1O)Cc1cc(C(C)(C)C)cc(c1OCC#N)C2)(OCC)OCC. The lowest BCUT2D eigenvalue weighted by atomic mass is 9.79. The summed E-state index contributed by atoms with van der Waals surface area (Å²) in [5, 5.41) is 35.5. The molecule has 1 aliphatic rings. The van der Waals surface area contributed by atoms with Crippen LogP contribution in [0.1, 0.15) is 177 Å². The maximum atomic E-state index is 13.9. The molecule has 0 saturated carbocycles. The van der Waals surface area contributed by atoms with Crippen LogP contribution in [0, 0.1) is 22.7 Å². The fourth-order valence-corrected chi connectivity index (χ4v) is 11.7. The molecule has 0 unspecified atom stereocenters. The summed E-state index contributed by atoms with van der Waals surface area (Å²) in [4.78, 5) is 13.9. The molecule has 12 heteroatoms. The number of nitrogens with zero attached hydrogens (tertiary/aromatic N) is 2. The zero-order valence-corrected chi connectivity index (χ0v) is 46.5. The van der Waals surface area contributed by atoms with E-state index in [0.29, 0.717) is 81.8 Å². The molecule has 1 amide bonds. The summed E-state index contributed by atoms with van der Waals surface area (Å²) < 4.78 is 38.0. The number of benzene rings is 4. The maximum Gasteiger partial charge on any atom is 0.500 e. The van der Waals surface area contributed by atoms with Crippen molar-refractivity contribution >= 4 is 14.7 Å². The molecule has 0 spiro atoms. The first-order valence-corrected chi connectivity index (χ1v) is 27.3. The summed E-state index contributed by atoms with van der Waals surface area (Å²) in [5.41, 5.74) is 9.71. The maximum absolute atomic E-state index is 13.9. The Bertz CT molecular complexity index is 2450.